The van der Waals surface area contributed by atoms with Gasteiger partial charge in [-0.2, -0.15) is 0 Å². The highest BCUT2D eigenvalue weighted by molar-refractivity contribution is 7.20. The zero-order valence-electron chi connectivity index (χ0n) is 9.75. The first-order valence-corrected chi connectivity index (χ1v) is 7.11. The molecule has 0 unspecified atom stereocenters. The van der Waals surface area contributed by atoms with Crippen LogP contribution in [0, 0.1) is 5.82 Å². The van der Waals surface area contributed by atoms with Gasteiger partial charge in [0.05, 0.1) is 9.90 Å². The lowest BCUT2D eigenvalue weighted by molar-refractivity contribution is 0.0954. The molecule has 0 aliphatic rings. The Balaban J connectivity index is 1.87. The number of carbonyl (C=O) groups excluding carboxylic acids is 1. The monoisotopic (exact) mass is 317 g/mol. The fraction of sp³-hybridized carbons (Fsp3) is 0.154. The predicted octanol–water partition coefficient (Wildman–Crippen LogP) is 4.17. The Morgan fingerprint density at radius 3 is 2.53 bits per heavy atom. The third-order valence-corrected chi connectivity index (χ3v) is 4.00. The van der Waals surface area contributed by atoms with Crippen LogP contribution in [0.5, 0.6) is 0 Å². The molecule has 0 aliphatic heterocycles. The third-order valence-electron chi connectivity index (χ3n) is 2.51. The van der Waals surface area contributed by atoms with Gasteiger partial charge in [0.25, 0.3) is 5.91 Å². The molecule has 2 nitrogen and oxygen atoms in total. The maximum Gasteiger partial charge on any atom is 0.253 e. The molecule has 0 atom stereocenters. The van der Waals surface area contributed by atoms with Crippen LogP contribution in [0.4, 0.5) is 4.39 Å². The molecule has 1 aromatic heterocycles. The Morgan fingerprint density at radius 1 is 1.26 bits per heavy atom. The topological polar surface area (TPSA) is 29.1 Å². The van der Waals surface area contributed by atoms with Gasteiger partial charge in [0.1, 0.15) is 10.2 Å². The zero-order chi connectivity index (χ0) is 13.8. The molecule has 1 amide bonds. The van der Waals surface area contributed by atoms with Gasteiger partial charge in [-0.1, -0.05) is 35.3 Å². The van der Waals surface area contributed by atoms with Crippen molar-refractivity contribution in [1.82, 2.24) is 5.32 Å². The molecular weight excluding hydrogens is 308 g/mol. The number of rotatable bonds is 4. The van der Waals surface area contributed by atoms with E-state index in [2.05, 4.69) is 5.32 Å². The lowest BCUT2D eigenvalue weighted by atomic mass is 10.1. The van der Waals surface area contributed by atoms with Crippen LogP contribution < -0.4 is 5.32 Å². The third kappa shape index (κ3) is 3.93. The number of halogens is 3. The molecule has 1 aromatic carbocycles. The normalized spacial score (nSPS) is 10.5. The van der Waals surface area contributed by atoms with E-state index < -0.39 is 0 Å². The summed E-state index contributed by atoms with van der Waals surface area (Å²) in [6.07, 6.45) is 0.626. The average molecular weight is 318 g/mol. The van der Waals surface area contributed by atoms with Gasteiger partial charge in [-0.3, -0.25) is 4.79 Å². The van der Waals surface area contributed by atoms with Gasteiger partial charge in [-0.05, 0) is 30.2 Å². The van der Waals surface area contributed by atoms with E-state index in [4.69, 9.17) is 23.2 Å². The van der Waals surface area contributed by atoms with E-state index in [-0.39, 0.29) is 11.7 Å². The number of carbonyl (C=O) groups is 1. The van der Waals surface area contributed by atoms with E-state index >= 15 is 0 Å². The molecule has 2 rings (SSSR count). The van der Waals surface area contributed by atoms with Crippen molar-refractivity contribution in [2.24, 2.45) is 0 Å². The molecule has 0 saturated carbocycles. The number of nitrogens with one attached hydrogen (secondary N) is 1. The number of hydrogen-bond donors (Lipinski definition) is 1. The molecule has 6 heteroatoms. The van der Waals surface area contributed by atoms with E-state index in [1.807, 2.05) is 0 Å². The number of benzene rings is 1. The van der Waals surface area contributed by atoms with Crippen LogP contribution in [-0.2, 0) is 6.42 Å². The molecular formula is C13H10Cl2FNOS. The van der Waals surface area contributed by atoms with Gasteiger partial charge >= 0.3 is 0 Å². The first kappa shape index (κ1) is 14.3. The molecule has 0 bridgehead atoms. The smallest absolute Gasteiger partial charge is 0.253 e. The van der Waals surface area contributed by atoms with Crippen molar-refractivity contribution in [3.63, 3.8) is 0 Å². The molecule has 0 spiro atoms. The minimum Gasteiger partial charge on any atom is -0.352 e. The van der Waals surface area contributed by atoms with Gasteiger partial charge < -0.3 is 5.32 Å². The van der Waals surface area contributed by atoms with E-state index in [0.717, 1.165) is 16.9 Å². The summed E-state index contributed by atoms with van der Waals surface area (Å²) in [7, 11) is 0. The zero-order valence-corrected chi connectivity index (χ0v) is 12.1. The largest absolute Gasteiger partial charge is 0.352 e. The first-order valence-electron chi connectivity index (χ1n) is 5.54. The Hall–Kier alpha value is -1.10. The van der Waals surface area contributed by atoms with E-state index in [0.29, 0.717) is 27.2 Å². The fourth-order valence-corrected chi connectivity index (χ4v) is 3.02. The molecule has 0 saturated heterocycles. The van der Waals surface area contributed by atoms with Crippen molar-refractivity contribution in [2.45, 2.75) is 6.42 Å². The van der Waals surface area contributed by atoms with E-state index in [1.165, 1.54) is 12.1 Å². The van der Waals surface area contributed by atoms with Gasteiger partial charge in [0.2, 0.25) is 0 Å². The first-order chi connectivity index (χ1) is 9.06. The van der Waals surface area contributed by atoms with E-state index in [1.54, 1.807) is 18.2 Å². The quantitative estimate of drug-likeness (QED) is 0.901. The molecule has 1 N–H and O–H groups in total. The molecule has 0 radical (unpaired) electrons. The van der Waals surface area contributed by atoms with Crippen LogP contribution in [0.3, 0.4) is 0 Å². The summed E-state index contributed by atoms with van der Waals surface area (Å²) in [6.45, 7) is 0.453. The van der Waals surface area contributed by atoms with E-state index in [9.17, 15) is 9.18 Å². The maximum atomic E-state index is 12.7. The minimum atomic E-state index is -0.271. The Bertz CT molecular complexity index is 583. The molecule has 19 heavy (non-hydrogen) atoms. The standard InChI is InChI=1S/C13H10Cl2FNOS/c14-11-7-10(12(15)19-11)13(18)17-6-5-8-1-3-9(16)4-2-8/h1-4,7H,5-6H2,(H,17,18). The summed E-state index contributed by atoms with van der Waals surface area (Å²) in [6, 6.07) is 7.72. The Labute approximate surface area is 124 Å². The minimum absolute atomic E-state index is 0.254. The van der Waals surface area contributed by atoms with Crippen molar-refractivity contribution < 1.29 is 9.18 Å². The molecule has 0 fully saturated rings. The second-order valence-electron chi connectivity index (χ2n) is 3.87. The van der Waals surface area contributed by atoms with Gasteiger partial charge in [-0.25, -0.2) is 4.39 Å². The van der Waals surface area contributed by atoms with Crippen LogP contribution in [-0.4, -0.2) is 12.5 Å². The van der Waals surface area contributed by atoms with Gasteiger partial charge in [-0.15, -0.1) is 11.3 Å². The van der Waals surface area contributed by atoms with Gasteiger partial charge in [0, 0.05) is 6.54 Å². The summed E-state index contributed by atoms with van der Waals surface area (Å²) in [5.74, 6) is -0.525. The summed E-state index contributed by atoms with van der Waals surface area (Å²) < 4.78 is 13.6. The van der Waals surface area contributed by atoms with Crippen molar-refractivity contribution in [3.8, 4) is 0 Å². The predicted molar refractivity (Wildman–Crippen MR) is 76.8 cm³/mol. The van der Waals surface area contributed by atoms with Crippen LogP contribution in [0.25, 0.3) is 0 Å². The highest BCUT2D eigenvalue weighted by Crippen LogP contribution is 2.30. The van der Waals surface area contributed by atoms with Crippen molar-refractivity contribution in [2.75, 3.05) is 6.54 Å². The highest BCUT2D eigenvalue weighted by atomic mass is 35.5. The van der Waals surface area contributed by atoms with Crippen molar-refractivity contribution in [3.05, 3.63) is 55.9 Å². The summed E-state index contributed by atoms with van der Waals surface area (Å²) in [4.78, 5) is 11.8. The maximum absolute atomic E-state index is 12.7. The SMILES string of the molecule is O=C(NCCc1ccc(F)cc1)c1cc(Cl)sc1Cl. The second-order valence-corrected chi connectivity index (χ2v) is 6.16. The van der Waals surface area contributed by atoms with Crippen LogP contribution in [0.2, 0.25) is 8.67 Å². The fourth-order valence-electron chi connectivity index (χ4n) is 1.56. The second kappa shape index (κ2) is 6.37. The van der Waals surface area contributed by atoms with Crippen LogP contribution >= 0.6 is 34.5 Å². The Morgan fingerprint density at radius 2 is 1.95 bits per heavy atom. The Kier molecular flexibility index (Phi) is 4.80. The number of thiophene rings is 1. The number of hydrogen-bond acceptors (Lipinski definition) is 2. The summed E-state index contributed by atoms with van der Waals surface area (Å²) >= 11 is 12.8. The van der Waals surface area contributed by atoms with Crippen molar-refractivity contribution >= 4 is 40.4 Å². The van der Waals surface area contributed by atoms with Gasteiger partial charge in [0.15, 0.2) is 0 Å². The molecule has 100 valence electrons. The molecule has 0 aliphatic carbocycles. The lowest BCUT2D eigenvalue weighted by Crippen LogP contribution is -2.25. The molecule has 2 aromatic rings. The highest BCUT2D eigenvalue weighted by Gasteiger charge is 2.13. The average Bonchev–Trinajstić information content (AvgIpc) is 2.71. The van der Waals surface area contributed by atoms with Crippen LogP contribution in [0.1, 0.15) is 15.9 Å². The van der Waals surface area contributed by atoms with Crippen molar-refractivity contribution in [1.29, 1.82) is 0 Å². The van der Waals surface area contributed by atoms with Crippen LogP contribution in [0.15, 0.2) is 30.3 Å². The summed E-state index contributed by atoms with van der Waals surface area (Å²) in [5, 5.41) is 2.75. The summed E-state index contributed by atoms with van der Waals surface area (Å²) in [5.41, 5.74) is 1.34. The number of amides is 1. The lowest BCUT2D eigenvalue weighted by Gasteiger charge is -2.04. The molecule has 1 heterocycles.